The van der Waals surface area contributed by atoms with Crippen LogP contribution in [-0.4, -0.2) is 142 Å². The third-order valence-corrected chi connectivity index (χ3v) is 5.85. The van der Waals surface area contributed by atoms with Crippen molar-refractivity contribution >= 4 is 5.97 Å². The van der Waals surface area contributed by atoms with Crippen LogP contribution in [0.3, 0.4) is 0 Å². The van der Waals surface area contributed by atoms with Crippen molar-refractivity contribution in [1.29, 1.82) is 0 Å². The first-order chi connectivity index (χ1) is 17.1. The third kappa shape index (κ3) is 9.22. The van der Waals surface area contributed by atoms with Gasteiger partial charge >= 0.3 is 11.8 Å². The van der Waals surface area contributed by atoms with E-state index in [-0.39, 0.29) is 19.6 Å². The summed E-state index contributed by atoms with van der Waals surface area (Å²) < 4.78 is 0. The maximum absolute atomic E-state index is 10.8. The quantitative estimate of drug-likeness (QED) is 0.0541. The maximum atomic E-state index is 10.8. The zero-order valence-electron chi connectivity index (χ0n) is 21.1. The molecule has 230 valence electrons. The first kappa shape index (κ1) is 39.0. The Morgan fingerprint density at radius 2 is 0.921 bits per heavy atom. The lowest BCUT2D eigenvalue weighted by molar-refractivity contribution is -0.557. The minimum absolute atomic E-state index is 0.146. The Bertz CT molecular complexity index is 671. The van der Waals surface area contributed by atoms with Crippen molar-refractivity contribution < 1.29 is 86.5 Å². The summed E-state index contributed by atoms with van der Waals surface area (Å²) in [6.07, 6.45) is 4.81. The second-order valence-electron chi connectivity index (χ2n) is 9.08. The van der Waals surface area contributed by atoms with Crippen molar-refractivity contribution in [2.45, 2.75) is 112 Å². The molecular formula is C21H44O17. The molecule has 17 heteroatoms. The van der Waals surface area contributed by atoms with E-state index in [1.54, 1.807) is 0 Å². The summed E-state index contributed by atoms with van der Waals surface area (Å²) in [4.78, 5) is 10.8. The number of carboxylic acid groups (broad SMARTS) is 1. The number of hydrogen-bond acceptors (Lipinski definition) is 16. The molecular weight excluding hydrogens is 524 g/mol. The molecule has 0 heterocycles. The number of carboxylic acids is 1. The SMILES string of the molecule is CCCCCCCCCCCC(O)(O)C(O)(O)C(O)(O)C(O)(O)C(O)(O)C(O)(O)C(=O)O.OCC(O)CO. The van der Waals surface area contributed by atoms with Crippen LogP contribution in [0, 0.1) is 0 Å². The lowest BCUT2D eigenvalue weighted by atomic mass is 9.80. The van der Waals surface area contributed by atoms with Crippen molar-refractivity contribution in [2.24, 2.45) is 0 Å². The highest BCUT2D eigenvalue weighted by molar-refractivity contribution is 5.76. The maximum Gasteiger partial charge on any atom is 0.370 e. The Morgan fingerprint density at radius 3 is 1.24 bits per heavy atom. The Kier molecular flexibility index (Phi) is 16.0. The Labute approximate surface area is 218 Å². The van der Waals surface area contributed by atoms with Gasteiger partial charge in [-0.25, -0.2) is 4.79 Å². The largest absolute Gasteiger partial charge is 0.477 e. The molecule has 0 saturated heterocycles. The van der Waals surface area contributed by atoms with Crippen LogP contribution in [0.2, 0.25) is 0 Å². The van der Waals surface area contributed by atoms with E-state index >= 15 is 0 Å². The van der Waals surface area contributed by atoms with Gasteiger partial charge in [-0.3, -0.25) is 0 Å². The van der Waals surface area contributed by atoms with Crippen molar-refractivity contribution in [3.05, 3.63) is 0 Å². The highest BCUT2D eigenvalue weighted by Crippen LogP contribution is 2.43. The summed E-state index contributed by atoms with van der Waals surface area (Å²) >= 11 is 0. The lowest BCUT2D eigenvalue weighted by Gasteiger charge is -2.51. The first-order valence-corrected chi connectivity index (χ1v) is 11.9. The van der Waals surface area contributed by atoms with E-state index in [0.717, 1.165) is 38.5 Å². The number of aliphatic hydroxyl groups is 15. The van der Waals surface area contributed by atoms with E-state index in [0.29, 0.717) is 12.8 Å². The molecule has 0 radical (unpaired) electrons. The minimum atomic E-state index is -5.29. The fourth-order valence-corrected chi connectivity index (χ4v) is 3.07. The fraction of sp³-hybridized carbons (Fsp3) is 0.952. The average molecular weight is 569 g/mol. The zero-order chi connectivity index (χ0) is 30.6. The zero-order valence-corrected chi connectivity index (χ0v) is 21.1. The van der Waals surface area contributed by atoms with Gasteiger partial charge < -0.3 is 81.7 Å². The normalized spacial score (nSPS) is 13.9. The van der Waals surface area contributed by atoms with Gasteiger partial charge in [0.05, 0.1) is 13.2 Å². The van der Waals surface area contributed by atoms with Crippen molar-refractivity contribution in [3.8, 4) is 0 Å². The van der Waals surface area contributed by atoms with Crippen LogP contribution in [0.1, 0.15) is 71.1 Å². The average Bonchev–Trinajstić information content (AvgIpc) is 2.81. The van der Waals surface area contributed by atoms with Crippen molar-refractivity contribution in [1.82, 2.24) is 0 Å². The van der Waals surface area contributed by atoms with Crippen LogP contribution in [0.25, 0.3) is 0 Å². The third-order valence-electron chi connectivity index (χ3n) is 5.85. The Morgan fingerprint density at radius 1 is 0.579 bits per heavy atom. The Balaban J connectivity index is 0. The molecule has 0 bridgehead atoms. The van der Waals surface area contributed by atoms with E-state index in [1.807, 2.05) is 0 Å². The van der Waals surface area contributed by atoms with Crippen LogP contribution in [0.5, 0.6) is 0 Å². The fourth-order valence-electron chi connectivity index (χ4n) is 3.07. The second-order valence-corrected chi connectivity index (χ2v) is 9.08. The Hall–Kier alpha value is -1.13. The molecule has 0 saturated carbocycles. The van der Waals surface area contributed by atoms with Gasteiger partial charge in [0.25, 0.3) is 23.1 Å². The number of aliphatic carboxylic acids is 1. The number of aliphatic hydroxyl groups excluding tert-OH is 3. The van der Waals surface area contributed by atoms with Crippen molar-refractivity contribution in [3.63, 3.8) is 0 Å². The predicted molar refractivity (Wildman–Crippen MR) is 123 cm³/mol. The standard InChI is InChI=1S/C18H36O14.C3H8O3/c1-2-3-4-5-6-7-8-9-10-11-13(21,22)15(25,26)17(29,30)18(31,32)16(27,28)14(23,24)12(19)20;4-1-3(6)2-5/h21-32H,2-11H2,1H3,(H,19,20);3-6H,1-2H2. The van der Waals surface area contributed by atoms with Gasteiger partial charge in [-0.1, -0.05) is 58.3 Å². The molecule has 0 amide bonds. The van der Waals surface area contributed by atoms with E-state index in [2.05, 4.69) is 6.92 Å². The summed E-state index contributed by atoms with van der Waals surface area (Å²) in [7, 11) is 0. The van der Waals surface area contributed by atoms with Crippen molar-refractivity contribution in [2.75, 3.05) is 13.2 Å². The lowest BCUT2D eigenvalue weighted by Crippen LogP contribution is -2.85. The molecule has 16 N–H and O–H groups in total. The molecule has 17 nitrogen and oxygen atoms in total. The molecule has 0 atom stereocenters. The van der Waals surface area contributed by atoms with E-state index < -0.39 is 53.2 Å². The van der Waals surface area contributed by atoms with Crippen LogP contribution < -0.4 is 0 Å². The molecule has 0 spiro atoms. The number of hydrogen-bond donors (Lipinski definition) is 16. The summed E-state index contributed by atoms with van der Waals surface area (Å²) in [5, 5.41) is 149. The van der Waals surface area contributed by atoms with Gasteiger partial charge in [0.1, 0.15) is 6.10 Å². The molecule has 0 aliphatic heterocycles. The van der Waals surface area contributed by atoms with Crippen LogP contribution >= 0.6 is 0 Å². The molecule has 0 unspecified atom stereocenters. The predicted octanol–water partition coefficient (Wildman–Crippen LogP) is -5.59. The summed E-state index contributed by atoms with van der Waals surface area (Å²) in [5.74, 6) is -32.2. The topological polar surface area (TPSA) is 341 Å². The monoisotopic (exact) mass is 568 g/mol. The smallest absolute Gasteiger partial charge is 0.370 e. The van der Waals surface area contributed by atoms with Crippen LogP contribution in [0.4, 0.5) is 0 Å². The van der Waals surface area contributed by atoms with Crippen LogP contribution in [0.15, 0.2) is 0 Å². The molecule has 38 heavy (non-hydrogen) atoms. The summed E-state index contributed by atoms with van der Waals surface area (Å²) in [6.45, 7) is 1.34. The van der Waals surface area contributed by atoms with E-state index in [4.69, 9.17) is 20.4 Å². The van der Waals surface area contributed by atoms with Gasteiger partial charge in [-0.15, -0.1) is 0 Å². The number of rotatable bonds is 18. The van der Waals surface area contributed by atoms with Gasteiger partial charge in [0, 0.05) is 6.42 Å². The molecule has 0 aromatic rings. The summed E-state index contributed by atoms with van der Waals surface area (Å²) in [5.41, 5.74) is 0. The number of carbonyl (C=O) groups is 1. The van der Waals surface area contributed by atoms with E-state index in [1.165, 1.54) is 0 Å². The van der Waals surface area contributed by atoms with Gasteiger partial charge in [-0.2, -0.15) is 0 Å². The molecule has 0 aliphatic rings. The van der Waals surface area contributed by atoms with Gasteiger partial charge in [0.2, 0.25) is 5.79 Å². The summed E-state index contributed by atoms with van der Waals surface area (Å²) in [6, 6.07) is 0. The highest BCUT2D eigenvalue weighted by Gasteiger charge is 2.80. The highest BCUT2D eigenvalue weighted by atomic mass is 16.7. The molecule has 0 rings (SSSR count). The van der Waals surface area contributed by atoms with Gasteiger partial charge in [0.15, 0.2) is 0 Å². The first-order valence-electron chi connectivity index (χ1n) is 11.9. The van der Waals surface area contributed by atoms with E-state index in [9.17, 15) is 66.1 Å². The molecule has 0 aromatic carbocycles. The molecule has 0 aromatic heterocycles. The molecule has 0 fully saturated rings. The molecule has 0 aliphatic carbocycles. The van der Waals surface area contributed by atoms with Crippen LogP contribution in [-0.2, 0) is 4.79 Å². The van der Waals surface area contributed by atoms with Gasteiger partial charge in [-0.05, 0) is 6.42 Å². The minimum Gasteiger partial charge on any atom is -0.477 e. The number of unbranched alkanes of at least 4 members (excludes halogenated alkanes) is 8. The second kappa shape index (κ2) is 15.6.